The van der Waals surface area contributed by atoms with Gasteiger partial charge in [-0.05, 0) is 0 Å². The molecule has 0 saturated heterocycles. The smallest absolute Gasteiger partial charge is 0.267 e. The van der Waals surface area contributed by atoms with Crippen LogP contribution in [0.2, 0.25) is 19.1 Å². The zero-order valence-electron chi connectivity index (χ0n) is 6.62. The van der Waals surface area contributed by atoms with E-state index < -0.39 is 0 Å². The Hall–Kier alpha value is 1.85. The molecular formula is C6H15KSi. The Kier molecular flexibility index (Phi) is 13.9. The summed E-state index contributed by atoms with van der Waals surface area (Å²) in [6, 6.07) is 1.50. The average Bonchev–Trinajstić information content (AvgIpc) is 1.61. The molecule has 0 aromatic rings. The van der Waals surface area contributed by atoms with Gasteiger partial charge in [-0.2, -0.15) is 19.1 Å². The Balaban J connectivity index is 0. The second-order valence-electron chi connectivity index (χ2n) is 2.31. The summed E-state index contributed by atoms with van der Waals surface area (Å²) >= 11 is 0. The average molecular weight is 154 g/mol. The van der Waals surface area contributed by atoms with Crippen LogP contribution < -0.4 is 51.4 Å². The van der Waals surface area contributed by atoms with E-state index in [1.807, 2.05) is 0 Å². The first-order valence-electron chi connectivity index (χ1n) is 3.06. The Morgan fingerprint density at radius 1 is 1.25 bits per heavy atom. The van der Waals surface area contributed by atoms with Gasteiger partial charge in [0.2, 0.25) is 0 Å². The van der Waals surface area contributed by atoms with Gasteiger partial charge in [-0.1, -0.05) is 19.8 Å². The Bertz CT molecular complexity index is 37.5. The minimum absolute atomic E-state index is 0. The summed E-state index contributed by atoms with van der Waals surface area (Å²) in [7, 11) is 0.103. The zero-order valence-corrected chi connectivity index (χ0v) is 10.7. The Labute approximate surface area is 97.5 Å². The zero-order chi connectivity index (χ0) is 5.70. The normalized spacial score (nSPS) is 9.00. The standard InChI is InChI=1S/C6H15Si.K/c1-4-5-6-7(2)3;/h4-6H2,1-3H3;/q-1;+1. The maximum Gasteiger partial charge on any atom is 1.00 e. The minimum atomic E-state index is 0. The molecule has 0 aromatic carbocycles. The third-order valence-electron chi connectivity index (χ3n) is 1.03. The van der Waals surface area contributed by atoms with Gasteiger partial charge in [-0.15, -0.1) is 0 Å². The van der Waals surface area contributed by atoms with Crippen molar-refractivity contribution in [3.8, 4) is 0 Å². The minimum Gasteiger partial charge on any atom is -0.267 e. The van der Waals surface area contributed by atoms with Gasteiger partial charge < -0.3 is 0 Å². The van der Waals surface area contributed by atoms with Crippen LogP contribution in [0.1, 0.15) is 19.8 Å². The fourth-order valence-corrected chi connectivity index (χ4v) is 1.59. The monoisotopic (exact) mass is 154 g/mol. The van der Waals surface area contributed by atoms with Gasteiger partial charge in [0, 0.05) is 0 Å². The summed E-state index contributed by atoms with van der Waals surface area (Å²) in [4.78, 5) is 0. The molecular weight excluding hydrogens is 139 g/mol. The molecule has 2 heteroatoms. The van der Waals surface area contributed by atoms with E-state index in [0.717, 1.165) is 0 Å². The second-order valence-corrected chi connectivity index (χ2v) is 5.22. The molecule has 0 fully saturated rings. The summed E-state index contributed by atoms with van der Waals surface area (Å²) in [6.07, 6.45) is 2.82. The van der Waals surface area contributed by atoms with Gasteiger partial charge in [-0.3, -0.25) is 8.80 Å². The van der Waals surface area contributed by atoms with E-state index in [1.54, 1.807) is 0 Å². The van der Waals surface area contributed by atoms with Crippen molar-refractivity contribution in [2.45, 2.75) is 38.9 Å². The maximum atomic E-state index is 2.38. The van der Waals surface area contributed by atoms with Crippen molar-refractivity contribution in [2.75, 3.05) is 0 Å². The van der Waals surface area contributed by atoms with Crippen molar-refractivity contribution >= 4 is 8.80 Å². The number of rotatable bonds is 3. The van der Waals surface area contributed by atoms with Crippen LogP contribution in [0.5, 0.6) is 0 Å². The second kappa shape index (κ2) is 8.85. The third-order valence-corrected chi connectivity index (χ3v) is 2.38. The van der Waals surface area contributed by atoms with Crippen LogP contribution in [0, 0.1) is 0 Å². The van der Waals surface area contributed by atoms with Gasteiger partial charge in [-0.25, -0.2) is 0 Å². The third kappa shape index (κ3) is 10.8. The largest absolute Gasteiger partial charge is 1.00 e. The molecule has 0 unspecified atom stereocenters. The molecule has 0 heterocycles. The SMILES string of the molecule is CCCC[Si-](C)C.[K+]. The van der Waals surface area contributed by atoms with Crippen molar-refractivity contribution in [1.29, 1.82) is 0 Å². The van der Waals surface area contributed by atoms with Crippen molar-refractivity contribution in [3.05, 3.63) is 0 Å². The van der Waals surface area contributed by atoms with Crippen LogP contribution >= 0.6 is 0 Å². The van der Waals surface area contributed by atoms with E-state index in [1.165, 1.54) is 18.9 Å². The van der Waals surface area contributed by atoms with Crippen molar-refractivity contribution in [1.82, 2.24) is 0 Å². The Morgan fingerprint density at radius 2 is 1.75 bits per heavy atom. The van der Waals surface area contributed by atoms with Gasteiger partial charge in [0.25, 0.3) is 0 Å². The quantitative estimate of drug-likeness (QED) is 0.483. The van der Waals surface area contributed by atoms with Gasteiger partial charge in [0.05, 0.1) is 0 Å². The molecule has 0 saturated carbocycles. The summed E-state index contributed by atoms with van der Waals surface area (Å²) < 4.78 is 0. The molecule has 0 aliphatic heterocycles. The van der Waals surface area contributed by atoms with Crippen molar-refractivity contribution in [2.24, 2.45) is 0 Å². The molecule has 0 aromatic heterocycles. The molecule has 0 spiro atoms. The first kappa shape index (κ1) is 12.5. The fraction of sp³-hybridized carbons (Fsp3) is 1.00. The molecule has 8 heavy (non-hydrogen) atoms. The predicted molar refractivity (Wildman–Crippen MR) is 37.2 cm³/mol. The molecule has 0 rings (SSSR count). The van der Waals surface area contributed by atoms with Gasteiger partial charge >= 0.3 is 51.4 Å². The van der Waals surface area contributed by atoms with Crippen molar-refractivity contribution in [3.63, 3.8) is 0 Å². The number of hydrogen-bond donors (Lipinski definition) is 0. The number of hydrogen-bond acceptors (Lipinski definition) is 0. The summed E-state index contributed by atoms with van der Waals surface area (Å²) in [5.74, 6) is 0. The van der Waals surface area contributed by atoms with Gasteiger partial charge in [0.1, 0.15) is 0 Å². The van der Waals surface area contributed by atoms with Crippen LogP contribution in [-0.4, -0.2) is 8.80 Å². The first-order valence-corrected chi connectivity index (χ1v) is 5.77. The molecule has 0 radical (unpaired) electrons. The van der Waals surface area contributed by atoms with Crippen LogP contribution in [0.25, 0.3) is 0 Å². The number of unbranched alkanes of at least 4 members (excludes halogenated alkanes) is 1. The molecule has 0 atom stereocenters. The van der Waals surface area contributed by atoms with Crippen LogP contribution in [-0.2, 0) is 0 Å². The fourth-order valence-electron chi connectivity index (χ4n) is 0.530. The predicted octanol–water partition coefficient (Wildman–Crippen LogP) is -0.455. The molecule has 0 bridgehead atoms. The Morgan fingerprint density at radius 3 is 1.88 bits per heavy atom. The molecule has 0 nitrogen and oxygen atoms in total. The van der Waals surface area contributed by atoms with E-state index in [0.29, 0.717) is 0 Å². The van der Waals surface area contributed by atoms with E-state index >= 15 is 0 Å². The summed E-state index contributed by atoms with van der Waals surface area (Å²) in [5, 5.41) is 0. The van der Waals surface area contributed by atoms with E-state index in [4.69, 9.17) is 0 Å². The topological polar surface area (TPSA) is 0 Å². The van der Waals surface area contributed by atoms with E-state index in [-0.39, 0.29) is 60.2 Å². The molecule has 0 amide bonds. The molecule has 0 aliphatic carbocycles. The molecule has 0 N–H and O–H groups in total. The molecule has 0 aliphatic rings. The van der Waals surface area contributed by atoms with Crippen LogP contribution in [0.3, 0.4) is 0 Å². The van der Waals surface area contributed by atoms with E-state index in [2.05, 4.69) is 20.0 Å². The van der Waals surface area contributed by atoms with Crippen molar-refractivity contribution < 1.29 is 51.4 Å². The summed E-state index contributed by atoms with van der Waals surface area (Å²) in [6.45, 7) is 7.01. The van der Waals surface area contributed by atoms with Gasteiger partial charge in [0.15, 0.2) is 0 Å². The summed E-state index contributed by atoms with van der Waals surface area (Å²) in [5.41, 5.74) is 0. The maximum absolute atomic E-state index is 2.38. The van der Waals surface area contributed by atoms with Crippen LogP contribution in [0.15, 0.2) is 0 Å². The van der Waals surface area contributed by atoms with E-state index in [9.17, 15) is 0 Å². The van der Waals surface area contributed by atoms with Crippen LogP contribution in [0.4, 0.5) is 0 Å². The molecule has 44 valence electrons. The first-order chi connectivity index (χ1) is 3.27.